The van der Waals surface area contributed by atoms with Crippen LogP contribution < -0.4 is 5.32 Å². The molecule has 0 saturated carbocycles. The van der Waals surface area contributed by atoms with Crippen LogP contribution in [0.15, 0.2) is 54.9 Å². The van der Waals surface area contributed by atoms with Crippen LogP contribution in [0.25, 0.3) is 22.2 Å². The number of benzene rings is 1. The third kappa shape index (κ3) is 3.30. The van der Waals surface area contributed by atoms with Crippen molar-refractivity contribution < 1.29 is 13.2 Å². The Hall–Kier alpha value is -2.80. The lowest BCUT2D eigenvalue weighted by atomic mass is 10.0. The van der Waals surface area contributed by atoms with Gasteiger partial charge in [-0.05, 0) is 30.7 Å². The molecule has 7 heteroatoms. The summed E-state index contributed by atoms with van der Waals surface area (Å²) in [6, 6.07) is 12.5. The van der Waals surface area contributed by atoms with Crippen molar-refractivity contribution in [3.05, 3.63) is 60.4 Å². The summed E-state index contributed by atoms with van der Waals surface area (Å²) in [6.07, 6.45) is 3.80. The van der Waals surface area contributed by atoms with E-state index in [1.807, 2.05) is 36.4 Å². The number of hydrogen-bond donors (Lipinski definition) is 1. The minimum absolute atomic E-state index is 0.00102. The SMILES string of the molecule is O=C(N[C@H]1CCS(=O)(=O)C1)c1cc(-c2ccncc2)nc2ccccc12. The maximum atomic E-state index is 12.9. The van der Waals surface area contributed by atoms with E-state index in [9.17, 15) is 13.2 Å². The Balaban J connectivity index is 1.74. The first-order valence-electron chi connectivity index (χ1n) is 8.33. The van der Waals surface area contributed by atoms with Gasteiger partial charge < -0.3 is 5.32 Å². The molecule has 0 unspecified atom stereocenters. The van der Waals surface area contributed by atoms with Crippen molar-refractivity contribution >= 4 is 26.6 Å². The van der Waals surface area contributed by atoms with E-state index in [0.717, 1.165) is 10.9 Å². The zero-order chi connectivity index (χ0) is 18.1. The molecule has 2 aromatic heterocycles. The molecule has 1 atom stereocenters. The second-order valence-electron chi connectivity index (χ2n) is 6.38. The Kier molecular flexibility index (Phi) is 4.16. The van der Waals surface area contributed by atoms with E-state index in [0.29, 0.717) is 23.2 Å². The fourth-order valence-corrected chi connectivity index (χ4v) is 4.88. The Morgan fingerprint density at radius 2 is 1.88 bits per heavy atom. The Labute approximate surface area is 151 Å². The van der Waals surface area contributed by atoms with Crippen LogP contribution >= 0.6 is 0 Å². The number of rotatable bonds is 3. The Bertz CT molecular complexity index is 1080. The minimum Gasteiger partial charge on any atom is -0.348 e. The lowest BCUT2D eigenvalue weighted by Crippen LogP contribution is -2.35. The molecule has 1 aliphatic rings. The van der Waals surface area contributed by atoms with Crippen LogP contribution in [-0.4, -0.2) is 41.8 Å². The molecule has 0 aliphatic carbocycles. The average molecular weight is 367 g/mol. The molecule has 0 radical (unpaired) electrons. The zero-order valence-electron chi connectivity index (χ0n) is 13.9. The summed E-state index contributed by atoms with van der Waals surface area (Å²) in [5.41, 5.74) is 2.75. The fourth-order valence-electron chi connectivity index (χ4n) is 3.21. The van der Waals surface area contributed by atoms with Crippen molar-refractivity contribution in [3.63, 3.8) is 0 Å². The van der Waals surface area contributed by atoms with Crippen molar-refractivity contribution in [1.82, 2.24) is 15.3 Å². The van der Waals surface area contributed by atoms with Crippen LogP contribution in [0.3, 0.4) is 0 Å². The third-order valence-electron chi connectivity index (χ3n) is 4.50. The molecule has 0 bridgehead atoms. The first-order valence-corrected chi connectivity index (χ1v) is 10.2. The van der Waals surface area contributed by atoms with Gasteiger partial charge in [0, 0.05) is 29.4 Å². The van der Waals surface area contributed by atoms with Crippen molar-refractivity contribution in [2.45, 2.75) is 12.5 Å². The first kappa shape index (κ1) is 16.7. The molecule has 26 heavy (non-hydrogen) atoms. The summed E-state index contributed by atoms with van der Waals surface area (Å²) in [6.45, 7) is 0. The molecule has 1 aliphatic heterocycles. The molecule has 1 N–H and O–H groups in total. The number of carbonyl (C=O) groups is 1. The monoisotopic (exact) mass is 367 g/mol. The maximum absolute atomic E-state index is 12.9. The fraction of sp³-hybridized carbons (Fsp3) is 0.211. The predicted octanol–water partition coefficient (Wildman–Crippen LogP) is 2.21. The van der Waals surface area contributed by atoms with Crippen LogP contribution in [0.2, 0.25) is 0 Å². The van der Waals surface area contributed by atoms with Crippen molar-refractivity contribution in [2.75, 3.05) is 11.5 Å². The van der Waals surface area contributed by atoms with Gasteiger partial charge in [0.05, 0.1) is 28.3 Å². The smallest absolute Gasteiger partial charge is 0.252 e. The Morgan fingerprint density at radius 1 is 1.12 bits per heavy atom. The highest BCUT2D eigenvalue weighted by molar-refractivity contribution is 7.91. The van der Waals surface area contributed by atoms with Gasteiger partial charge in [0.15, 0.2) is 9.84 Å². The van der Waals surface area contributed by atoms with Gasteiger partial charge in [-0.1, -0.05) is 18.2 Å². The number of carbonyl (C=O) groups excluding carboxylic acids is 1. The number of amides is 1. The summed E-state index contributed by atoms with van der Waals surface area (Å²) in [4.78, 5) is 21.5. The van der Waals surface area contributed by atoms with Gasteiger partial charge in [0.1, 0.15) is 0 Å². The predicted molar refractivity (Wildman–Crippen MR) is 99.5 cm³/mol. The largest absolute Gasteiger partial charge is 0.348 e. The lowest BCUT2D eigenvalue weighted by molar-refractivity contribution is 0.0943. The van der Waals surface area contributed by atoms with Crippen molar-refractivity contribution in [3.8, 4) is 11.3 Å². The Morgan fingerprint density at radius 3 is 2.62 bits per heavy atom. The molecular formula is C19H17N3O3S. The molecule has 4 rings (SSSR count). The standard InChI is InChI=1S/C19H17N3O3S/c23-19(21-14-7-10-26(24,25)12-14)16-11-18(13-5-8-20-9-6-13)22-17-4-2-1-3-15(16)17/h1-6,8-9,11,14H,7,10,12H2,(H,21,23)/t14-/m0/s1. The number of hydrogen-bond acceptors (Lipinski definition) is 5. The second-order valence-corrected chi connectivity index (χ2v) is 8.61. The number of pyridine rings is 2. The highest BCUT2D eigenvalue weighted by Gasteiger charge is 2.29. The number of para-hydroxylation sites is 1. The summed E-state index contributed by atoms with van der Waals surface area (Å²) < 4.78 is 23.3. The van der Waals surface area contributed by atoms with Crippen LogP contribution in [0.4, 0.5) is 0 Å². The highest BCUT2D eigenvalue weighted by Crippen LogP contribution is 2.25. The normalized spacial score (nSPS) is 18.7. The van der Waals surface area contributed by atoms with Crippen LogP contribution in [0, 0.1) is 0 Å². The van der Waals surface area contributed by atoms with Crippen LogP contribution in [0.5, 0.6) is 0 Å². The molecule has 3 aromatic rings. The number of fused-ring (bicyclic) bond motifs is 1. The third-order valence-corrected chi connectivity index (χ3v) is 6.27. The molecule has 1 fully saturated rings. The van der Waals surface area contributed by atoms with Gasteiger partial charge >= 0.3 is 0 Å². The van der Waals surface area contributed by atoms with Gasteiger partial charge in [-0.3, -0.25) is 9.78 Å². The quantitative estimate of drug-likeness (QED) is 0.767. The summed E-state index contributed by atoms with van der Waals surface area (Å²) >= 11 is 0. The number of sulfone groups is 1. The van der Waals surface area contributed by atoms with Crippen LogP contribution in [-0.2, 0) is 9.84 Å². The summed E-state index contributed by atoms with van der Waals surface area (Å²) in [7, 11) is -3.05. The van der Waals surface area contributed by atoms with E-state index >= 15 is 0 Å². The van der Waals surface area contributed by atoms with Crippen molar-refractivity contribution in [1.29, 1.82) is 0 Å². The topological polar surface area (TPSA) is 89.0 Å². The van der Waals surface area contributed by atoms with E-state index in [1.54, 1.807) is 18.5 Å². The van der Waals surface area contributed by atoms with Crippen LogP contribution in [0.1, 0.15) is 16.8 Å². The number of aromatic nitrogens is 2. The number of nitrogens with zero attached hydrogens (tertiary/aromatic N) is 2. The molecule has 0 spiro atoms. The van der Waals surface area contributed by atoms with Gasteiger partial charge in [-0.15, -0.1) is 0 Å². The molecule has 1 amide bonds. The van der Waals surface area contributed by atoms with Gasteiger partial charge in [0.2, 0.25) is 0 Å². The van der Waals surface area contributed by atoms with Gasteiger partial charge in [-0.2, -0.15) is 0 Å². The molecule has 132 valence electrons. The second kappa shape index (κ2) is 6.49. The van der Waals surface area contributed by atoms with E-state index in [1.165, 1.54) is 0 Å². The zero-order valence-corrected chi connectivity index (χ0v) is 14.7. The van der Waals surface area contributed by atoms with E-state index < -0.39 is 9.84 Å². The summed E-state index contributed by atoms with van der Waals surface area (Å²) in [5.74, 6) is -0.156. The van der Waals surface area contributed by atoms with Gasteiger partial charge in [0.25, 0.3) is 5.91 Å². The minimum atomic E-state index is -3.05. The molecule has 3 heterocycles. The lowest BCUT2D eigenvalue weighted by Gasteiger charge is -2.13. The molecular weight excluding hydrogens is 350 g/mol. The van der Waals surface area contributed by atoms with E-state index in [2.05, 4.69) is 15.3 Å². The average Bonchev–Trinajstić information content (AvgIpc) is 2.99. The molecule has 6 nitrogen and oxygen atoms in total. The van der Waals surface area contributed by atoms with E-state index in [4.69, 9.17) is 0 Å². The highest BCUT2D eigenvalue weighted by atomic mass is 32.2. The number of nitrogens with one attached hydrogen (secondary N) is 1. The maximum Gasteiger partial charge on any atom is 0.252 e. The summed E-state index contributed by atoms with van der Waals surface area (Å²) in [5, 5.41) is 3.60. The first-order chi connectivity index (χ1) is 12.5. The van der Waals surface area contributed by atoms with E-state index in [-0.39, 0.29) is 23.5 Å². The molecule has 1 saturated heterocycles. The van der Waals surface area contributed by atoms with Gasteiger partial charge in [-0.25, -0.2) is 13.4 Å². The van der Waals surface area contributed by atoms with Crippen molar-refractivity contribution in [2.24, 2.45) is 0 Å². The molecule has 1 aromatic carbocycles.